The predicted octanol–water partition coefficient (Wildman–Crippen LogP) is 3.66. The Labute approximate surface area is 202 Å². The first-order valence-corrected chi connectivity index (χ1v) is 13.8. The molecule has 1 saturated heterocycles. The van der Waals surface area contributed by atoms with Crippen LogP contribution in [0, 0.1) is 6.92 Å². The topological polar surface area (TPSA) is 132 Å². The first-order valence-electron chi connectivity index (χ1n) is 10.2. The van der Waals surface area contributed by atoms with Crippen LogP contribution in [0.1, 0.15) is 22.4 Å². The molecular weight excluding hydrogens is 496 g/mol. The summed E-state index contributed by atoms with van der Waals surface area (Å²) < 4.78 is 31.9. The van der Waals surface area contributed by atoms with Crippen LogP contribution < -0.4 is 5.32 Å². The van der Waals surface area contributed by atoms with Gasteiger partial charge in [-0.25, -0.2) is 13.4 Å². The predicted molar refractivity (Wildman–Crippen MR) is 129 cm³/mol. The van der Waals surface area contributed by atoms with Crippen molar-refractivity contribution in [1.82, 2.24) is 20.5 Å². The highest BCUT2D eigenvalue weighted by atomic mass is 32.2. The number of imide groups is 1. The Morgan fingerprint density at radius 3 is 2.56 bits per heavy atom. The van der Waals surface area contributed by atoms with Gasteiger partial charge in [-0.2, -0.15) is 0 Å². The highest BCUT2D eigenvalue weighted by Crippen LogP contribution is 2.32. The number of sulfone groups is 1. The number of rotatable bonds is 7. The van der Waals surface area contributed by atoms with E-state index in [0.717, 1.165) is 38.7 Å². The number of thiazole rings is 1. The number of benzene rings is 2. The molecule has 1 fully saturated rings. The van der Waals surface area contributed by atoms with Gasteiger partial charge >= 0.3 is 0 Å². The second-order valence-electron chi connectivity index (χ2n) is 7.82. The lowest BCUT2D eigenvalue weighted by molar-refractivity contribution is -0.119. The van der Waals surface area contributed by atoms with Crippen LogP contribution in [-0.4, -0.2) is 40.0 Å². The van der Waals surface area contributed by atoms with E-state index in [4.69, 9.17) is 4.42 Å². The number of aromatic nitrogens is 3. The van der Waals surface area contributed by atoms with E-state index in [-0.39, 0.29) is 24.0 Å². The van der Waals surface area contributed by atoms with Gasteiger partial charge in [0, 0.05) is 6.42 Å². The zero-order valence-electron chi connectivity index (χ0n) is 17.8. The van der Waals surface area contributed by atoms with Crippen molar-refractivity contribution in [3.63, 3.8) is 0 Å². The maximum absolute atomic E-state index is 12.8. The van der Waals surface area contributed by atoms with Gasteiger partial charge in [0.1, 0.15) is 21.8 Å². The van der Waals surface area contributed by atoms with Crippen LogP contribution >= 0.6 is 23.1 Å². The lowest BCUT2D eigenvalue weighted by atomic mass is 10.0. The maximum Gasteiger partial charge on any atom is 0.286 e. The van der Waals surface area contributed by atoms with Gasteiger partial charge in [-0.3, -0.25) is 14.9 Å². The molecule has 12 heteroatoms. The Balaban J connectivity index is 1.30. The SMILES string of the molecule is Cc1cc2nc(CS(=O)(=O)Cc3nnc(CC4SC(=O)NC4=O)o3)sc2cc1-c1ccccc1. The fourth-order valence-corrected chi connectivity index (χ4v) is 7.06. The number of thioether (sulfide) groups is 1. The Kier molecular flexibility index (Phi) is 5.96. The molecule has 3 heterocycles. The van der Waals surface area contributed by atoms with Crippen molar-refractivity contribution in [3.8, 4) is 11.1 Å². The average Bonchev–Trinajstić information content (AvgIpc) is 3.46. The highest BCUT2D eigenvalue weighted by molar-refractivity contribution is 8.15. The molecule has 9 nitrogen and oxygen atoms in total. The van der Waals surface area contributed by atoms with Gasteiger partial charge in [0.05, 0.1) is 10.2 Å². The van der Waals surface area contributed by atoms with E-state index in [1.807, 2.05) is 49.4 Å². The minimum atomic E-state index is -3.63. The van der Waals surface area contributed by atoms with E-state index in [0.29, 0.717) is 5.01 Å². The molecule has 34 heavy (non-hydrogen) atoms. The summed E-state index contributed by atoms with van der Waals surface area (Å²) in [5, 5.41) is 9.17. The number of hydrogen-bond acceptors (Lipinski definition) is 10. The zero-order valence-corrected chi connectivity index (χ0v) is 20.3. The van der Waals surface area contributed by atoms with Crippen LogP contribution in [-0.2, 0) is 32.6 Å². The Morgan fingerprint density at radius 1 is 1.06 bits per heavy atom. The summed E-state index contributed by atoms with van der Waals surface area (Å²) in [5.74, 6) is -1.07. The molecule has 0 spiro atoms. The summed E-state index contributed by atoms with van der Waals surface area (Å²) in [6.45, 7) is 2.01. The summed E-state index contributed by atoms with van der Waals surface area (Å²) in [6, 6.07) is 14.0. The van der Waals surface area contributed by atoms with Crippen molar-refractivity contribution in [2.45, 2.75) is 30.1 Å². The maximum atomic E-state index is 12.8. The number of carbonyl (C=O) groups excluding carboxylic acids is 2. The third-order valence-corrected chi connectivity index (χ3v) is 8.77. The quantitative estimate of drug-likeness (QED) is 0.392. The molecule has 174 valence electrons. The van der Waals surface area contributed by atoms with E-state index in [9.17, 15) is 18.0 Å². The second-order valence-corrected chi connectivity index (χ2v) is 12.2. The fraction of sp³-hybridized carbons (Fsp3) is 0.227. The second kappa shape index (κ2) is 8.93. The first kappa shape index (κ1) is 22.7. The largest absolute Gasteiger partial charge is 0.424 e. The van der Waals surface area contributed by atoms with Crippen molar-refractivity contribution < 1.29 is 22.4 Å². The number of aryl methyl sites for hydroxylation is 1. The van der Waals surface area contributed by atoms with E-state index in [1.54, 1.807) is 0 Å². The van der Waals surface area contributed by atoms with Gasteiger partial charge in [-0.05, 0) is 35.7 Å². The van der Waals surface area contributed by atoms with Crippen LogP contribution in [0.4, 0.5) is 4.79 Å². The molecule has 1 aliphatic heterocycles. The molecule has 1 N–H and O–H groups in total. The molecule has 0 bridgehead atoms. The summed E-state index contributed by atoms with van der Waals surface area (Å²) in [7, 11) is -3.63. The molecule has 2 amide bonds. The Hall–Kier alpha value is -3.09. The van der Waals surface area contributed by atoms with Gasteiger partial charge in [-0.15, -0.1) is 21.5 Å². The molecule has 5 rings (SSSR count). The number of hydrogen-bond donors (Lipinski definition) is 1. The third-order valence-electron chi connectivity index (χ3n) is 5.19. The van der Waals surface area contributed by atoms with Gasteiger partial charge in [0.15, 0.2) is 9.84 Å². The van der Waals surface area contributed by atoms with E-state index in [1.165, 1.54) is 11.3 Å². The lowest BCUT2D eigenvalue weighted by Gasteiger charge is -2.05. The minimum Gasteiger partial charge on any atom is -0.424 e. The van der Waals surface area contributed by atoms with Crippen molar-refractivity contribution in [2.75, 3.05) is 0 Å². The van der Waals surface area contributed by atoms with Crippen LogP contribution in [0.25, 0.3) is 21.3 Å². The standard InChI is InChI=1S/C22H18N4O5S3/c1-12-7-15-16(8-14(12)13-5-3-2-4-6-13)32-20(23-15)11-34(29,30)10-19-26-25-18(31-19)9-17-21(27)24-22(28)33-17/h2-8,17H,9-11H2,1H3,(H,24,27,28). The van der Waals surface area contributed by atoms with Crippen molar-refractivity contribution in [1.29, 1.82) is 0 Å². The molecule has 0 aliphatic carbocycles. The third kappa shape index (κ3) is 4.88. The minimum absolute atomic E-state index is 0.0518. The zero-order chi connectivity index (χ0) is 23.9. The van der Waals surface area contributed by atoms with Crippen LogP contribution in [0.15, 0.2) is 46.9 Å². The molecule has 4 aromatic rings. The number of nitrogens with zero attached hydrogens (tertiary/aromatic N) is 3. The normalized spacial score (nSPS) is 16.3. The smallest absolute Gasteiger partial charge is 0.286 e. The summed E-state index contributed by atoms with van der Waals surface area (Å²) in [4.78, 5) is 27.5. The molecule has 2 aromatic heterocycles. The number of carbonyl (C=O) groups is 2. The van der Waals surface area contributed by atoms with Crippen LogP contribution in [0.2, 0.25) is 0 Å². The number of amides is 2. The molecule has 2 aromatic carbocycles. The van der Waals surface area contributed by atoms with Crippen molar-refractivity contribution in [3.05, 3.63) is 64.8 Å². The Morgan fingerprint density at radius 2 is 1.82 bits per heavy atom. The molecule has 0 saturated carbocycles. The molecule has 1 atom stereocenters. The van der Waals surface area contributed by atoms with Gasteiger partial charge in [0.2, 0.25) is 17.7 Å². The van der Waals surface area contributed by atoms with Gasteiger partial charge in [0.25, 0.3) is 5.24 Å². The molecule has 0 radical (unpaired) electrons. The fourth-order valence-electron chi connectivity index (χ4n) is 3.66. The first-order chi connectivity index (χ1) is 16.3. The summed E-state index contributed by atoms with van der Waals surface area (Å²) in [6.07, 6.45) is 0.0518. The highest BCUT2D eigenvalue weighted by Gasteiger charge is 2.33. The molecule has 1 unspecified atom stereocenters. The van der Waals surface area contributed by atoms with E-state index >= 15 is 0 Å². The van der Waals surface area contributed by atoms with Crippen molar-refractivity contribution in [2.24, 2.45) is 0 Å². The van der Waals surface area contributed by atoms with E-state index in [2.05, 4.69) is 20.5 Å². The van der Waals surface area contributed by atoms with Crippen molar-refractivity contribution >= 4 is 54.3 Å². The lowest BCUT2D eigenvalue weighted by Crippen LogP contribution is -2.25. The number of nitrogens with one attached hydrogen (secondary N) is 1. The summed E-state index contributed by atoms with van der Waals surface area (Å²) >= 11 is 2.19. The average molecular weight is 515 g/mol. The Bertz CT molecular complexity index is 1510. The monoisotopic (exact) mass is 514 g/mol. The van der Waals surface area contributed by atoms with E-state index < -0.39 is 32.0 Å². The molecular formula is C22H18N4O5S3. The summed E-state index contributed by atoms with van der Waals surface area (Å²) in [5.41, 5.74) is 4.00. The van der Waals surface area contributed by atoms with Crippen LogP contribution in [0.3, 0.4) is 0 Å². The van der Waals surface area contributed by atoms with Gasteiger partial charge in [-0.1, -0.05) is 42.1 Å². The molecule has 1 aliphatic rings. The van der Waals surface area contributed by atoms with Gasteiger partial charge < -0.3 is 4.42 Å². The van der Waals surface area contributed by atoms with Crippen LogP contribution in [0.5, 0.6) is 0 Å². The number of fused-ring (bicyclic) bond motifs is 1.